The van der Waals surface area contributed by atoms with Crippen molar-refractivity contribution in [3.05, 3.63) is 0 Å². The van der Waals surface area contributed by atoms with E-state index < -0.39 is 0 Å². The zero-order chi connectivity index (χ0) is 8.27. The van der Waals surface area contributed by atoms with Crippen LogP contribution in [0.15, 0.2) is 0 Å². The molecule has 1 rings (SSSR count). The fourth-order valence-electron chi connectivity index (χ4n) is 1.32. The lowest BCUT2D eigenvalue weighted by Gasteiger charge is -2.00. The second kappa shape index (κ2) is 4.10. The highest BCUT2D eigenvalue weighted by molar-refractivity contribution is 9.09. The normalized spacial score (nSPS) is 28.2. The molecular formula is C8H14BrNO. The Morgan fingerprint density at radius 1 is 1.73 bits per heavy atom. The Kier molecular flexibility index (Phi) is 3.37. The molecule has 1 amide bonds. The minimum Gasteiger partial charge on any atom is -0.355 e. The number of halogens is 1. The maximum atomic E-state index is 11.2. The molecule has 0 aromatic heterocycles. The summed E-state index contributed by atoms with van der Waals surface area (Å²) in [7, 11) is 0. The molecule has 0 aromatic rings. The summed E-state index contributed by atoms with van der Waals surface area (Å²) >= 11 is 3.26. The van der Waals surface area contributed by atoms with Gasteiger partial charge < -0.3 is 5.32 Å². The molecule has 3 heteroatoms. The van der Waals surface area contributed by atoms with Crippen molar-refractivity contribution in [3.63, 3.8) is 0 Å². The number of carbonyl (C=O) groups excluding carboxylic acids is 1. The van der Waals surface area contributed by atoms with Gasteiger partial charge in [0.05, 0.1) is 0 Å². The van der Waals surface area contributed by atoms with Crippen molar-refractivity contribution in [2.45, 2.75) is 19.8 Å². The van der Waals surface area contributed by atoms with Crippen LogP contribution in [0.2, 0.25) is 0 Å². The van der Waals surface area contributed by atoms with Gasteiger partial charge in [0.2, 0.25) is 5.91 Å². The van der Waals surface area contributed by atoms with Crippen LogP contribution in [-0.2, 0) is 4.79 Å². The van der Waals surface area contributed by atoms with Gasteiger partial charge in [-0.3, -0.25) is 4.79 Å². The second-order valence-electron chi connectivity index (χ2n) is 2.99. The van der Waals surface area contributed by atoms with Gasteiger partial charge in [-0.25, -0.2) is 0 Å². The fourth-order valence-corrected chi connectivity index (χ4v) is 1.52. The molecule has 0 aromatic carbocycles. The van der Waals surface area contributed by atoms with Crippen LogP contribution in [0.3, 0.4) is 0 Å². The van der Waals surface area contributed by atoms with Crippen LogP contribution in [0.25, 0.3) is 0 Å². The minimum atomic E-state index is 0.247. The lowest BCUT2D eigenvalue weighted by atomic mass is 10.2. The van der Waals surface area contributed by atoms with Crippen LogP contribution in [0, 0.1) is 11.8 Å². The smallest absolute Gasteiger partial charge is 0.223 e. The molecule has 11 heavy (non-hydrogen) atoms. The third-order valence-corrected chi connectivity index (χ3v) is 2.57. The predicted molar refractivity (Wildman–Crippen MR) is 48.7 cm³/mol. The Morgan fingerprint density at radius 2 is 2.45 bits per heavy atom. The van der Waals surface area contributed by atoms with E-state index in [9.17, 15) is 4.79 Å². The molecular weight excluding hydrogens is 206 g/mol. The average Bonchev–Trinajstić information content (AvgIpc) is 2.78. The zero-order valence-electron chi connectivity index (χ0n) is 6.77. The molecule has 0 saturated heterocycles. The summed E-state index contributed by atoms with van der Waals surface area (Å²) in [6.07, 6.45) is 2.25. The number of hydrogen-bond donors (Lipinski definition) is 1. The quantitative estimate of drug-likeness (QED) is 0.715. The van der Waals surface area contributed by atoms with E-state index in [1.54, 1.807) is 0 Å². The van der Waals surface area contributed by atoms with Gasteiger partial charge in [0.15, 0.2) is 0 Å². The molecule has 1 aliphatic rings. The van der Waals surface area contributed by atoms with E-state index in [0.29, 0.717) is 11.8 Å². The lowest BCUT2D eigenvalue weighted by molar-refractivity contribution is -0.122. The molecule has 2 nitrogen and oxygen atoms in total. The summed E-state index contributed by atoms with van der Waals surface area (Å²) in [6.45, 7) is 2.90. The van der Waals surface area contributed by atoms with Gasteiger partial charge in [-0.15, -0.1) is 0 Å². The molecule has 0 heterocycles. The summed E-state index contributed by atoms with van der Waals surface area (Å²) in [5, 5.41) is 3.72. The van der Waals surface area contributed by atoms with Crippen LogP contribution in [0.4, 0.5) is 0 Å². The predicted octanol–water partition coefficient (Wildman–Crippen LogP) is 1.54. The SMILES string of the molecule is CCC1CC1C(=O)NCCBr. The summed E-state index contributed by atoms with van der Waals surface area (Å²) in [6, 6.07) is 0. The van der Waals surface area contributed by atoms with Gasteiger partial charge in [-0.2, -0.15) is 0 Å². The lowest BCUT2D eigenvalue weighted by Crippen LogP contribution is -2.27. The van der Waals surface area contributed by atoms with E-state index in [1.165, 1.54) is 0 Å². The second-order valence-corrected chi connectivity index (χ2v) is 3.78. The third kappa shape index (κ3) is 2.47. The maximum Gasteiger partial charge on any atom is 0.223 e. The van der Waals surface area contributed by atoms with Gasteiger partial charge in [-0.05, 0) is 12.3 Å². The monoisotopic (exact) mass is 219 g/mol. The van der Waals surface area contributed by atoms with Gasteiger partial charge in [0, 0.05) is 17.8 Å². The Labute approximate surface area is 75.9 Å². The van der Waals surface area contributed by atoms with Crippen molar-refractivity contribution in [2.75, 3.05) is 11.9 Å². The standard InChI is InChI=1S/C8H14BrNO/c1-2-6-5-7(6)8(11)10-4-3-9/h6-7H,2-5H2,1H3,(H,10,11). The number of hydrogen-bond acceptors (Lipinski definition) is 1. The van der Waals surface area contributed by atoms with Crippen LogP contribution in [0.5, 0.6) is 0 Å². The molecule has 0 spiro atoms. The largest absolute Gasteiger partial charge is 0.355 e. The Bertz CT molecular complexity index is 149. The van der Waals surface area contributed by atoms with Crippen molar-refractivity contribution < 1.29 is 4.79 Å². The van der Waals surface area contributed by atoms with Crippen LogP contribution < -0.4 is 5.32 Å². The molecule has 1 saturated carbocycles. The van der Waals surface area contributed by atoms with E-state index in [-0.39, 0.29) is 5.91 Å². The molecule has 0 aliphatic heterocycles. The van der Waals surface area contributed by atoms with E-state index >= 15 is 0 Å². The summed E-state index contributed by atoms with van der Waals surface area (Å²) < 4.78 is 0. The third-order valence-electron chi connectivity index (χ3n) is 2.18. The number of rotatable bonds is 4. The first kappa shape index (κ1) is 9.04. The van der Waals surface area contributed by atoms with Crippen molar-refractivity contribution in [2.24, 2.45) is 11.8 Å². The highest BCUT2D eigenvalue weighted by Gasteiger charge is 2.40. The van der Waals surface area contributed by atoms with Gasteiger partial charge in [0.1, 0.15) is 0 Å². The number of amides is 1. The van der Waals surface area contributed by atoms with Crippen LogP contribution in [-0.4, -0.2) is 17.8 Å². The van der Waals surface area contributed by atoms with E-state index in [1.807, 2.05) is 0 Å². The summed E-state index contributed by atoms with van der Waals surface area (Å²) in [5.41, 5.74) is 0. The molecule has 0 bridgehead atoms. The molecule has 64 valence electrons. The Morgan fingerprint density at radius 3 is 2.91 bits per heavy atom. The molecule has 2 unspecified atom stereocenters. The first-order chi connectivity index (χ1) is 5.29. The van der Waals surface area contributed by atoms with E-state index in [4.69, 9.17) is 0 Å². The molecule has 2 atom stereocenters. The van der Waals surface area contributed by atoms with Crippen molar-refractivity contribution in [1.29, 1.82) is 0 Å². The fraction of sp³-hybridized carbons (Fsp3) is 0.875. The molecule has 1 aliphatic carbocycles. The first-order valence-corrected chi connectivity index (χ1v) is 5.25. The molecule has 1 N–H and O–H groups in total. The molecule has 0 radical (unpaired) electrons. The van der Waals surface area contributed by atoms with Gasteiger partial charge in [0.25, 0.3) is 0 Å². The average molecular weight is 220 g/mol. The minimum absolute atomic E-state index is 0.247. The maximum absolute atomic E-state index is 11.2. The van der Waals surface area contributed by atoms with E-state index in [2.05, 4.69) is 28.2 Å². The van der Waals surface area contributed by atoms with Crippen molar-refractivity contribution in [3.8, 4) is 0 Å². The number of alkyl halides is 1. The van der Waals surface area contributed by atoms with Crippen molar-refractivity contribution >= 4 is 21.8 Å². The van der Waals surface area contributed by atoms with E-state index in [0.717, 1.165) is 24.7 Å². The Balaban J connectivity index is 2.12. The molecule has 1 fully saturated rings. The van der Waals surface area contributed by atoms with Crippen LogP contribution in [0.1, 0.15) is 19.8 Å². The van der Waals surface area contributed by atoms with Gasteiger partial charge >= 0.3 is 0 Å². The Hall–Kier alpha value is -0.0500. The van der Waals surface area contributed by atoms with Crippen LogP contribution >= 0.6 is 15.9 Å². The topological polar surface area (TPSA) is 29.1 Å². The number of carbonyl (C=O) groups is 1. The summed E-state index contributed by atoms with van der Waals surface area (Å²) in [4.78, 5) is 11.2. The number of nitrogens with one attached hydrogen (secondary N) is 1. The van der Waals surface area contributed by atoms with Gasteiger partial charge in [-0.1, -0.05) is 29.3 Å². The van der Waals surface area contributed by atoms with Crippen molar-refractivity contribution in [1.82, 2.24) is 5.32 Å². The first-order valence-electron chi connectivity index (χ1n) is 4.13. The highest BCUT2D eigenvalue weighted by atomic mass is 79.9. The summed E-state index contributed by atoms with van der Waals surface area (Å²) in [5.74, 6) is 1.25. The highest BCUT2D eigenvalue weighted by Crippen LogP contribution is 2.40. The zero-order valence-corrected chi connectivity index (χ0v) is 8.36.